The van der Waals surface area contributed by atoms with E-state index in [0.29, 0.717) is 33.2 Å². The molecule has 24 heavy (non-hydrogen) atoms. The minimum atomic E-state index is -0.488. The maximum Gasteiger partial charge on any atom is 0.332 e. The normalized spacial score (nSPS) is 15.1. The molecule has 2 aromatic rings. The van der Waals surface area contributed by atoms with Crippen molar-refractivity contribution in [3.05, 3.63) is 76.2 Å². The second-order valence-corrected chi connectivity index (χ2v) is 5.59. The Morgan fingerprint density at radius 3 is 2.83 bits per heavy atom. The van der Waals surface area contributed by atoms with E-state index < -0.39 is 5.97 Å². The third-order valence-electron chi connectivity index (χ3n) is 3.56. The van der Waals surface area contributed by atoms with Crippen molar-refractivity contribution < 1.29 is 13.9 Å². The molecule has 4 nitrogen and oxygen atoms in total. The van der Waals surface area contributed by atoms with Crippen LogP contribution in [0.4, 0.5) is 10.1 Å². The lowest BCUT2D eigenvalue weighted by Gasteiger charge is -2.12. The molecule has 0 atom stereocenters. The fourth-order valence-corrected chi connectivity index (χ4v) is 2.62. The summed E-state index contributed by atoms with van der Waals surface area (Å²) in [5.41, 5.74) is 2.76. The molecule has 2 aromatic carbocycles. The van der Waals surface area contributed by atoms with Crippen molar-refractivity contribution in [3.8, 4) is 0 Å². The van der Waals surface area contributed by atoms with Crippen molar-refractivity contribution in [3.63, 3.8) is 0 Å². The second kappa shape index (κ2) is 6.84. The Hall–Kier alpha value is -2.66. The summed E-state index contributed by atoms with van der Waals surface area (Å²) in [7, 11) is 1.30. The monoisotopic (exact) mass is 344 g/mol. The molecular weight excluding hydrogens is 331 g/mol. The first kappa shape index (κ1) is 16.2. The number of methoxy groups -OCH3 is 1. The number of hydrogen-bond donors (Lipinski definition) is 1. The van der Waals surface area contributed by atoms with E-state index in [2.05, 4.69) is 15.0 Å². The number of carbonyl (C=O) groups excluding carboxylic acids is 1. The first-order valence-corrected chi connectivity index (χ1v) is 7.61. The molecule has 0 aromatic heterocycles. The van der Waals surface area contributed by atoms with Gasteiger partial charge in [-0.15, -0.1) is 0 Å². The van der Waals surface area contributed by atoms with Crippen molar-refractivity contribution in [2.75, 3.05) is 19.0 Å². The number of anilines is 1. The third-order valence-corrected chi connectivity index (χ3v) is 3.80. The fourth-order valence-electron chi connectivity index (χ4n) is 2.45. The van der Waals surface area contributed by atoms with Gasteiger partial charge in [-0.1, -0.05) is 23.7 Å². The number of nitrogens with zero attached hydrogens (tertiary/aromatic N) is 1. The first-order valence-electron chi connectivity index (χ1n) is 7.23. The highest BCUT2D eigenvalue weighted by Gasteiger charge is 2.19. The van der Waals surface area contributed by atoms with Crippen LogP contribution in [-0.2, 0) is 9.53 Å². The highest BCUT2D eigenvalue weighted by molar-refractivity contribution is 6.31. The SMILES string of the molecule is COC(=O)/C=C1\CN=C(c2ccccc2F)c2cc(Cl)ccc2N1. The molecule has 0 saturated heterocycles. The second-order valence-electron chi connectivity index (χ2n) is 5.15. The molecule has 1 N–H and O–H groups in total. The largest absolute Gasteiger partial charge is 0.466 e. The average Bonchev–Trinajstić information content (AvgIpc) is 2.74. The van der Waals surface area contributed by atoms with Gasteiger partial charge in [-0.25, -0.2) is 9.18 Å². The third kappa shape index (κ3) is 3.31. The Morgan fingerprint density at radius 2 is 2.08 bits per heavy atom. The quantitative estimate of drug-likeness (QED) is 0.666. The minimum Gasteiger partial charge on any atom is -0.466 e. The van der Waals surface area contributed by atoms with E-state index in [-0.39, 0.29) is 12.4 Å². The van der Waals surface area contributed by atoms with Gasteiger partial charge < -0.3 is 10.1 Å². The van der Waals surface area contributed by atoms with Crippen molar-refractivity contribution in [1.29, 1.82) is 0 Å². The zero-order chi connectivity index (χ0) is 17.1. The lowest BCUT2D eigenvalue weighted by molar-refractivity contribution is -0.134. The number of halogens is 2. The number of carbonyl (C=O) groups is 1. The van der Waals surface area contributed by atoms with E-state index in [1.54, 1.807) is 36.4 Å². The van der Waals surface area contributed by atoms with Gasteiger partial charge in [-0.3, -0.25) is 4.99 Å². The molecule has 122 valence electrons. The molecule has 0 unspecified atom stereocenters. The highest BCUT2D eigenvalue weighted by atomic mass is 35.5. The number of aliphatic imine (C=N–C) groups is 1. The number of hydrogen-bond acceptors (Lipinski definition) is 4. The van der Waals surface area contributed by atoms with Gasteiger partial charge in [-0.05, 0) is 30.3 Å². The smallest absolute Gasteiger partial charge is 0.332 e. The number of nitrogens with one attached hydrogen (secondary N) is 1. The van der Waals surface area contributed by atoms with Crippen LogP contribution in [0.1, 0.15) is 11.1 Å². The Kier molecular flexibility index (Phi) is 4.62. The molecule has 0 spiro atoms. The van der Waals surface area contributed by atoms with E-state index in [1.165, 1.54) is 19.3 Å². The summed E-state index contributed by atoms with van der Waals surface area (Å²) < 4.78 is 18.9. The van der Waals surface area contributed by atoms with Crippen molar-refractivity contribution >= 4 is 29.0 Å². The average molecular weight is 345 g/mol. The number of rotatable bonds is 2. The standard InChI is InChI=1S/C18H14ClFN2O2/c1-24-17(23)9-12-10-21-18(13-4-2-3-5-15(13)20)14-8-11(19)6-7-16(14)22-12/h2-9,22H,10H2,1H3/b12-9+. The van der Waals surface area contributed by atoms with E-state index in [1.807, 2.05) is 0 Å². The Labute approximate surface area is 143 Å². The predicted molar refractivity (Wildman–Crippen MR) is 92.1 cm³/mol. The highest BCUT2D eigenvalue weighted by Crippen LogP contribution is 2.28. The van der Waals surface area contributed by atoms with Crippen LogP contribution in [0.5, 0.6) is 0 Å². The number of benzene rings is 2. The topological polar surface area (TPSA) is 50.7 Å². The van der Waals surface area contributed by atoms with Gasteiger partial charge in [0.1, 0.15) is 5.82 Å². The molecule has 0 aliphatic carbocycles. The summed E-state index contributed by atoms with van der Waals surface area (Å²) in [6, 6.07) is 11.6. The molecule has 3 rings (SSSR count). The summed E-state index contributed by atoms with van der Waals surface area (Å²) in [5, 5.41) is 3.65. The minimum absolute atomic E-state index is 0.186. The van der Waals surface area contributed by atoms with Gasteiger partial charge in [0.05, 0.1) is 19.4 Å². The van der Waals surface area contributed by atoms with Crippen LogP contribution >= 0.6 is 11.6 Å². The molecule has 0 amide bonds. The number of esters is 1. The molecule has 0 radical (unpaired) electrons. The predicted octanol–water partition coefficient (Wildman–Crippen LogP) is 3.80. The summed E-state index contributed by atoms with van der Waals surface area (Å²) in [5.74, 6) is -0.861. The zero-order valence-corrected chi connectivity index (χ0v) is 13.6. The van der Waals surface area contributed by atoms with Gasteiger partial charge in [0.25, 0.3) is 0 Å². The van der Waals surface area contributed by atoms with Crippen LogP contribution in [0.3, 0.4) is 0 Å². The number of benzodiazepines with no additional fused rings is 1. The molecule has 1 aliphatic rings. The van der Waals surface area contributed by atoms with Crippen molar-refractivity contribution in [2.45, 2.75) is 0 Å². The van der Waals surface area contributed by atoms with Crippen LogP contribution in [-0.4, -0.2) is 25.3 Å². The zero-order valence-electron chi connectivity index (χ0n) is 12.8. The van der Waals surface area contributed by atoms with E-state index in [0.717, 1.165) is 0 Å². The molecule has 0 bridgehead atoms. The molecule has 0 saturated carbocycles. The lowest BCUT2D eigenvalue weighted by Crippen LogP contribution is -2.07. The molecule has 0 fully saturated rings. The summed E-state index contributed by atoms with van der Waals surface area (Å²) in [4.78, 5) is 16.0. The lowest BCUT2D eigenvalue weighted by atomic mass is 10.00. The van der Waals surface area contributed by atoms with Crippen LogP contribution < -0.4 is 5.32 Å². The van der Waals surface area contributed by atoms with Crippen molar-refractivity contribution in [2.24, 2.45) is 4.99 Å². The maximum absolute atomic E-state index is 14.2. The van der Waals surface area contributed by atoms with Gasteiger partial charge in [0.15, 0.2) is 0 Å². The van der Waals surface area contributed by atoms with Crippen LogP contribution in [0.25, 0.3) is 0 Å². The number of ether oxygens (including phenoxy) is 1. The van der Waals surface area contributed by atoms with Crippen LogP contribution in [0.15, 0.2) is 59.2 Å². The Morgan fingerprint density at radius 1 is 1.29 bits per heavy atom. The fraction of sp³-hybridized carbons (Fsp3) is 0.111. The Balaban J connectivity index is 2.15. The van der Waals surface area contributed by atoms with E-state index in [4.69, 9.17) is 11.6 Å². The summed E-state index contributed by atoms with van der Waals surface area (Å²) in [6.07, 6.45) is 1.33. The van der Waals surface area contributed by atoms with Crippen LogP contribution in [0, 0.1) is 5.82 Å². The van der Waals surface area contributed by atoms with Gasteiger partial charge in [0.2, 0.25) is 0 Å². The van der Waals surface area contributed by atoms with E-state index in [9.17, 15) is 9.18 Å². The summed E-state index contributed by atoms with van der Waals surface area (Å²) in [6.45, 7) is 0.186. The van der Waals surface area contributed by atoms with Crippen LogP contribution in [0.2, 0.25) is 5.02 Å². The van der Waals surface area contributed by atoms with Crippen molar-refractivity contribution in [1.82, 2.24) is 0 Å². The molecule has 1 aliphatic heterocycles. The van der Waals surface area contributed by atoms with Gasteiger partial charge in [-0.2, -0.15) is 0 Å². The Bertz CT molecular complexity index is 862. The molecule has 1 heterocycles. The first-order chi connectivity index (χ1) is 11.6. The van der Waals surface area contributed by atoms with E-state index >= 15 is 0 Å². The maximum atomic E-state index is 14.2. The number of fused-ring (bicyclic) bond motifs is 1. The van der Waals surface area contributed by atoms with Gasteiger partial charge in [0, 0.05) is 33.6 Å². The molecule has 6 heteroatoms. The van der Waals surface area contributed by atoms with Gasteiger partial charge >= 0.3 is 5.97 Å². The summed E-state index contributed by atoms with van der Waals surface area (Å²) >= 11 is 6.10. The molecular formula is C18H14ClFN2O2.